The molecule has 5 nitrogen and oxygen atoms in total. The summed E-state index contributed by atoms with van der Waals surface area (Å²) in [6.07, 6.45) is -2.29. The number of rotatable bonds is 0. The summed E-state index contributed by atoms with van der Waals surface area (Å²) < 4.78 is 37.4. The molecule has 1 amide bonds. The van der Waals surface area contributed by atoms with Crippen LogP contribution < -0.4 is 0 Å². The highest BCUT2D eigenvalue weighted by Gasteiger charge is 2.57. The van der Waals surface area contributed by atoms with Crippen LogP contribution in [-0.2, 0) is 14.3 Å². The Labute approximate surface area is 109 Å². The Morgan fingerprint density at radius 3 is 2.68 bits per heavy atom. The summed E-state index contributed by atoms with van der Waals surface area (Å²) in [7, 11) is 0. The van der Waals surface area contributed by atoms with E-state index in [1.807, 2.05) is 0 Å². The summed E-state index contributed by atoms with van der Waals surface area (Å²) in [5.41, 5.74) is -0.745. The Balaban J connectivity index is 2.09. The van der Waals surface area contributed by atoms with Gasteiger partial charge in [0.25, 0.3) is 0 Å². The van der Waals surface area contributed by atoms with Gasteiger partial charge in [0.2, 0.25) is 0 Å². The van der Waals surface area contributed by atoms with E-state index >= 15 is 0 Å². The van der Waals surface area contributed by atoms with Gasteiger partial charge in [-0.2, -0.15) is 0 Å². The van der Waals surface area contributed by atoms with Crippen LogP contribution in [0.25, 0.3) is 0 Å². The minimum absolute atomic E-state index is 0.0565. The second-order valence-electron chi connectivity index (χ2n) is 6.00. The summed E-state index contributed by atoms with van der Waals surface area (Å²) in [6, 6.07) is 0. The maximum atomic E-state index is 13.8. The van der Waals surface area contributed by atoms with Crippen LogP contribution in [0.5, 0.6) is 0 Å². The number of carbonyl (C=O) groups excluding carboxylic acids is 2. The number of alkyl halides is 2. The number of hydrogen-bond donors (Lipinski definition) is 0. The Morgan fingerprint density at radius 1 is 1.47 bits per heavy atom. The van der Waals surface area contributed by atoms with Crippen molar-refractivity contribution < 1.29 is 27.8 Å². The van der Waals surface area contributed by atoms with Crippen molar-refractivity contribution in [2.24, 2.45) is 5.92 Å². The van der Waals surface area contributed by atoms with Gasteiger partial charge in [-0.25, -0.2) is 13.6 Å². The molecule has 0 unspecified atom stereocenters. The average Bonchev–Trinajstić information content (AvgIpc) is 2.56. The van der Waals surface area contributed by atoms with Crippen molar-refractivity contribution in [3.8, 4) is 0 Å². The van der Waals surface area contributed by atoms with Crippen molar-refractivity contribution in [2.45, 2.75) is 44.8 Å². The summed E-state index contributed by atoms with van der Waals surface area (Å²) in [5.74, 6) is -4.53. The first-order valence-corrected chi connectivity index (χ1v) is 6.14. The van der Waals surface area contributed by atoms with E-state index < -0.39 is 42.2 Å². The van der Waals surface area contributed by atoms with E-state index in [2.05, 4.69) is 4.74 Å². The Hall–Kier alpha value is -1.40. The van der Waals surface area contributed by atoms with Gasteiger partial charge in [-0.05, 0) is 20.8 Å². The fourth-order valence-corrected chi connectivity index (χ4v) is 2.36. The van der Waals surface area contributed by atoms with Crippen LogP contribution in [0, 0.1) is 5.92 Å². The molecule has 7 heteroatoms. The average molecular weight is 277 g/mol. The molecule has 0 bridgehead atoms. The normalized spacial score (nSPS) is 29.7. The molecule has 0 radical (unpaired) electrons. The van der Waals surface area contributed by atoms with Crippen LogP contribution >= 0.6 is 0 Å². The number of esters is 1. The topological polar surface area (TPSA) is 55.8 Å². The highest BCUT2D eigenvalue weighted by atomic mass is 19.3. The number of likely N-dealkylation sites (tertiary alicyclic amines) is 1. The molecule has 0 aromatic carbocycles. The molecule has 0 aliphatic carbocycles. The Bertz CT molecular complexity index is 405. The van der Waals surface area contributed by atoms with Crippen molar-refractivity contribution in [1.82, 2.24) is 4.90 Å². The lowest BCUT2D eigenvalue weighted by Gasteiger charge is -2.39. The summed E-state index contributed by atoms with van der Waals surface area (Å²) >= 11 is 0. The maximum Gasteiger partial charge on any atom is 0.410 e. The first-order chi connectivity index (χ1) is 8.58. The second-order valence-corrected chi connectivity index (χ2v) is 6.00. The molecule has 0 spiro atoms. The fraction of sp³-hybridized carbons (Fsp3) is 0.833. The predicted octanol–water partition coefficient (Wildman–Crippen LogP) is 1.80. The molecular weight excluding hydrogens is 260 g/mol. The standard InChI is InChI=1S/C12H17F2NO4/c1-11(2,3)19-10(17)15-5-7-4-8(16)18-9(7)12(13,14)6-15/h7,9H,4-6H2,1-3H3/t7-,9-/m0/s1. The Morgan fingerprint density at radius 2 is 2.11 bits per heavy atom. The van der Waals surface area contributed by atoms with Crippen LogP contribution in [0.4, 0.5) is 13.6 Å². The van der Waals surface area contributed by atoms with Crippen molar-refractivity contribution in [3.05, 3.63) is 0 Å². The minimum atomic E-state index is -3.23. The van der Waals surface area contributed by atoms with Crippen LogP contribution in [0.3, 0.4) is 0 Å². The highest BCUT2D eigenvalue weighted by Crippen LogP contribution is 2.39. The molecular formula is C12H17F2NO4. The van der Waals surface area contributed by atoms with Gasteiger partial charge >= 0.3 is 18.0 Å². The SMILES string of the molecule is CC(C)(C)OC(=O)N1C[C@@H]2CC(=O)O[C@@H]2C(F)(F)C1. The molecule has 0 saturated carbocycles. The largest absolute Gasteiger partial charge is 0.455 e. The van der Waals surface area contributed by atoms with Crippen molar-refractivity contribution >= 4 is 12.1 Å². The third kappa shape index (κ3) is 2.96. The summed E-state index contributed by atoms with van der Waals surface area (Å²) in [4.78, 5) is 23.9. The molecule has 108 valence electrons. The van der Waals surface area contributed by atoms with E-state index in [9.17, 15) is 18.4 Å². The van der Waals surface area contributed by atoms with Gasteiger partial charge in [0.05, 0.1) is 13.0 Å². The monoisotopic (exact) mass is 277 g/mol. The number of piperidine rings is 1. The van der Waals surface area contributed by atoms with E-state index in [1.165, 1.54) is 0 Å². The number of ether oxygens (including phenoxy) is 2. The maximum absolute atomic E-state index is 13.8. The van der Waals surface area contributed by atoms with Crippen LogP contribution in [0.1, 0.15) is 27.2 Å². The third-order valence-electron chi connectivity index (χ3n) is 3.04. The van der Waals surface area contributed by atoms with Crippen molar-refractivity contribution in [2.75, 3.05) is 13.1 Å². The molecule has 0 aromatic rings. The zero-order valence-electron chi connectivity index (χ0n) is 11.1. The quantitative estimate of drug-likeness (QED) is 0.634. The summed E-state index contributed by atoms with van der Waals surface area (Å²) in [5, 5.41) is 0. The number of carbonyl (C=O) groups is 2. The second kappa shape index (κ2) is 4.31. The smallest absolute Gasteiger partial charge is 0.410 e. The molecule has 2 aliphatic rings. The number of halogens is 2. The van der Waals surface area contributed by atoms with E-state index in [0.29, 0.717) is 0 Å². The van der Waals surface area contributed by atoms with Gasteiger partial charge in [0.1, 0.15) is 5.60 Å². The van der Waals surface area contributed by atoms with Gasteiger partial charge < -0.3 is 14.4 Å². The van der Waals surface area contributed by atoms with Crippen molar-refractivity contribution in [1.29, 1.82) is 0 Å². The molecule has 0 N–H and O–H groups in total. The first-order valence-electron chi connectivity index (χ1n) is 6.14. The highest BCUT2D eigenvalue weighted by molar-refractivity contribution is 5.73. The lowest BCUT2D eigenvalue weighted by atomic mass is 9.91. The predicted molar refractivity (Wildman–Crippen MR) is 60.7 cm³/mol. The van der Waals surface area contributed by atoms with Crippen LogP contribution in [0.15, 0.2) is 0 Å². The van der Waals surface area contributed by atoms with Crippen LogP contribution in [-0.4, -0.2) is 47.7 Å². The van der Waals surface area contributed by atoms with Gasteiger partial charge in [0, 0.05) is 12.5 Å². The fourth-order valence-electron chi connectivity index (χ4n) is 2.36. The number of amides is 1. The zero-order chi connectivity index (χ0) is 14.4. The lowest BCUT2D eigenvalue weighted by Crippen LogP contribution is -2.57. The molecule has 2 atom stereocenters. The molecule has 2 rings (SSSR count). The summed E-state index contributed by atoms with van der Waals surface area (Å²) in [6.45, 7) is 4.27. The van der Waals surface area contributed by atoms with Gasteiger partial charge in [0.15, 0.2) is 6.10 Å². The van der Waals surface area contributed by atoms with Gasteiger partial charge in [-0.1, -0.05) is 0 Å². The number of hydrogen-bond acceptors (Lipinski definition) is 4. The first kappa shape index (κ1) is 14.0. The molecule has 2 saturated heterocycles. The molecule has 2 aliphatic heterocycles. The van der Waals surface area contributed by atoms with E-state index in [-0.39, 0.29) is 13.0 Å². The van der Waals surface area contributed by atoms with Crippen molar-refractivity contribution in [3.63, 3.8) is 0 Å². The molecule has 19 heavy (non-hydrogen) atoms. The van der Waals surface area contributed by atoms with E-state index in [0.717, 1.165) is 4.90 Å². The molecule has 2 fully saturated rings. The van der Waals surface area contributed by atoms with E-state index in [4.69, 9.17) is 4.74 Å². The number of nitrogens with zero attached hydrogens (tertiary/aromatic N) is 1. The molecule has 2 heterocycles. The number of fused-ring (bicyclic) bond motifs is 1. The third-order valence-corrected chi connectivity index (χ3v) is 3.04. The van der Waals surface area contributed by atoms with Gasteiger partial charge in [-0.15, -0.1) is 0 Å². The molecule has 0 aromatic heterocycles. The Kier molecular flexibility index (Phi) is 3.18. The van der Waals surface area contributed by atoms with Gasteiger partial charge in [-0.3, -0.25) is 4.79 Å². The minimum Gasteiger partial charge on any atom is -0.455 e. The van der Waals surface area contributed by atoms with Crippen LogP contribution in [0.2, 0.25) is 0 Å². The lowest BCUT2D eigenvalue weighted by molar-refractivity contribution is -0.177. The van der Waals surface area contributed by atoms with E-state index in [1.54, 1.807) is 20.8 Å². The zero-order valence-corrected chi connectivity index (χ0v) is 11.1.